The molecule has 5 saturated carbocycles. The summed E-state index contributed by atoms with van der Waals surface area (Å²) in [6.45, 7) is 0.532. The highest BCUT2D eigenvalue weighted by Crippen LogP contribution is 2.53. The molecule has 0 radical (unpaired) electrons. The van der Waals surface area contributed by atoms with Gasteiger partial charge in [0.05, 0.1) is 12.8 Å². The fourth-order valence-electron chi connectivity index (χ4n) is 7.12. The smallest absolute Gasteiger partial charge is 0.336 e. The van der Waals surface area contributed by atoms with Crippen molar-refractivity contribution in [3.63, 3.8) is 0 Å². The van der Waals surface area contributed by atoms with Gasteiger partial charge in [-0.3, -0.25) is 4.79 Å². The van der Waals surface area contributed by atoms with Gasteiger partial charge in [-0.1, -0.05) is 19.3 Å². The van der Waals surface area contributed by atoms with Crippen LogP contribution in [0.25, 0.3) is 6.20 Å². The van der Waals surface area contributed by atoms with Gasteiger partial charge in [0.15, 0.2) is 6.10 Å². The molecule has 1 atom stereocenters. The minimum absolute atomic E-state index is 0.141. The number of carboxylic acids is 1. The lowest BCUT2D eigenvalue weighted by Gasteiger charge is -2.54. The average Bonchev–Trinajstić information content (AvgIpc) is 3.23. The van der Waals surface area contributed by atoms with Gasteiger partial charge in [0.1, 0.15) is 5.56 Å². The van der Waals surface area contributed by atoms with Gasteiger partial charge in [-0.15, -0.1) is 0 Å². The molecule has 1 aromatic rings. The highest BCUT2D eigenvalue weighted by Gasteiger charge is 2.48. The van der Waals surface area contributed by atoms with Crippen molar-refractivity contribution in [3.8, 4) is 5.88 Å². The predicted octanol–water partition coefficient (Wildman–Crippen LogP) is 3.97. The zero-order chi connectivity index (χ0) is 23.7. The Bertz CT molecular complexity index is 892. The van der Waals surface area contributed by atoms with Crippen molar-refractivity contribution in [2.24, 2.45) is 29.6 Å². The van der Waals surface area contributed by atoms with E-state index in [0.29, 0.717) is 35.8 Å². The standard InChI is InChI=1S/C26H37N3O5/c1-33-22(26(31)32)7-8-29-25(34-15-16-5-3-2-4-6-16)21(14-27-29)24(30)28-23-19-10-17-9-18(12-19)13-20(23)11-17/h7-8,14,16-20,22-23H,2-6,9-13,15H2,1H3,(H,28,30)(H,31,32)/b8-7+. The second-order valence-corrected chi connectivity index (χ2v) is 10.9. The third kappa shape index (κ3) is 4.88. The molecule has 8 heteroatoms. The molecule has 8 nitrogen and oxygen atoms in total. The number of methoxy groups -OCH3 is 1. The van der Waals surface area contributed by atoms with E-state index in [0.717, 1.165) is 24.7 Å². The Labute approximate surface area is 201 Å². The lowest BCUT2D eigenvalue weighted by atomic mass is 9.54. The second kappa shape index (κ2) is 10.1. The summed E-state index contributed by atoms with van der Waals surface area (Å²) < 4.78 is 12.7. The lowest BCUT2D eigenvalue weighted by Crippen LogP contribution is -2.55. The molecule has 1 unspecified atom stereocenters. The van der Waals surface area contributed by atoms with Crippen molar-refractivity contribution in [2.75, 3.05) is 13.7 Å². The number of amides is 1. The molecular formula is C26H37N3O5. The van der Waals surface area contributed by atoms with E-state index < -0.39 is 12.1 Å². The SMILES string of the molecule is COC(/C=C/n1ncc(C(=O)NC2C3CC4CC(C3)CC2C4)c1OCC1CCCCC1)C(=O)O. The molecule has 6 rings (SSSR count). The number of aliphatic carboxylic acids is 1. The molecule has 4 bridgehead atoms. The van der Waals surface area contributed by atoms with Crippen molar-refractivity contribution >= 4 is 18.1 Å². The van der Waals surface area contributed by atoms with E-state index in [9.17, 15) is 14.7 Å². The normalized spacial score (nSPS) is 31.6. The van der Waals surface area contributed by atoms with Crippen LogP contribution < -0.4 is 10.1 Å². The van der Waals surface area contributed by atoms with E-state index in [1.807, 2.05) is 0 Å². The Hall–Kier alpha value is -2.35. The highest BCUT2D eigenvalue weighted by atomic mass is 16.5. The number of carbonyl (C=O) groups excluding carboxylic acids is 1. The fourth-order valence-corrected chi connectivity index (χ4v) is 7.12. The summed E-state index contributed by atoms with van der Waals surface area (Å²) in [6, 6.07) is 0.232. The van der Waals surface area contributed by atoms with Crippen LogP contribution in [-0.4, -0.2) is 52.6 Å². The first-order valence-corrected chi connectivity index (χ1v) is 13.0. The molecule has 1 aromatic heterocycles. The van der Waals surface area contributed by atoms with Crippen LogP contribution in [0.5, 0.6) is 5.88 Å². The zero-order valence-corrected chi connectivity index (χ0v) is 20.0. The number of aromatic nitrogens is 2. The van der Waals surface area contributed by atoms with Gasteiger partial charge in [-0.25, -0.2) is 9.48 Å². The molecular weight excluding hydrogens is 434 g/mol. The zero-order valence-electron chi connectivity index (χ0n) is 20.0. The van der Waals surface area contributed by atoms with E-state index >= 15 is 0 Å². The first kappa shape index (κ1) is 23.4. The summed E-state index contributed by atoms with van der Waals surface area (Å²) in [5.74, 6) is 2.48. The van der Waals surface area contributed by atoms with Crippen LogP contribution in [-0.2, 0) is 9.53 Å². The molecule has 1 heterocycles. The highest BCUT2D eigenvalue weighted by molar-refractivity contribution is 5.96. The quantitative estimate of drug-likeness (QED) is 0.565. The summed E-state index contributed by atoms with van der Waals surface area (Å²) in [5, 5.41) is 17.0. The maximum absolute atomic E-state index is 13.4. The summed E-state index contributed by atoms with van der Waals surface area (Å²) >= 11 is 0. The fraction of sp³-hybridized carbons (Fsp3) is 0.731. The largest absolute Gasteiger partial charge is 0.479 e. The number of carboxylic acid groups (broad SMARTS) is 1. The summed E-state index contributed by atoms with van der Waals surface area (Å²) in [5.41, 5.74) is 0.415. The van der Waals surface area contributed by atoms with E-state index in [1.165, 1.54) is 81.6 Å². The van der Waals surface area contributed by atoms with Crippen LogP contribution in [0, 0.1) is 29.6 Å². The van der Waals surface area contributed by atoms with E-state index in [-0.39, 0.29) is 11.9 Å². The average molecular weight is 472 g/mol. The van der Waals surface area contributed by atoms with Gasteiger partial charge in [0.25, 0.3) is 5.91 Å². The Morgan fingerprint density at radius 2 is 1.82 bits per heavy atom. The third-order valence-electron chi connectivity index (χ3n) is 8.60. The minimum Gasteiger partial charge on any atom is -0.479 e. The molecule has 5 aliphatic rings. The number of ether oxygens (including phenoxy) is 2. The molecule has 2 N–H and O–H groups in total. The van der Waals surface area contributed by atoms with Crippen LogP contribution in [0.3, 0.4) is 0 Å². The van der Waals surface area contributed by atoms with Crippen LogP contribution in [0.15, 0.2) is 12.3 Å². The van der Waals surface area contributed by atoms with Gasteiger partial charge in [0.2, 0.25) is 5.88 Å². The summed E-state index contributed by atoms with van der Waals surface area (Å²) in [4.78, 5) is 24.8. The third-order valence-corrected chi connectivity index (χ3v) is 8.60. The predicted molar refractivity (Wildman–Crippen MR) is 126 cm³/mol. The van der Waals surface area contributed by atoms with E-state index in [1.54, 1.807) is 0 Å². The molecule has 0 spiro atoms. The van der Waals surface area contributed by atoms with Crippen molar-refractivity contribution in [1.29, 1.82) is 0 Å². The van der Waals surface area contributed by atoms with Gasteiger partial charge in [-0.2, -0.15) is 5.10 Å². The Balaban J connectivity index is 1.33. The number of rotatable bonds is 9. The monoisotopic (exact) mass is 471 g/mol. The molecule has 5 fully saturated rings. The van der Waals surface area contributed by atoms with Crippen LogP contribution >= 0.6 is 0 Å². The van der Waals surface area contributed by atoms with Gasteiger partial charge >= 0.3 is 5.97 Å². The van der Waals surface area contributed by atoms with Gasteiger partial charge in [-0.05, 0) is 80.6 Å². The Kier molecular flexibility index (Phi) is 6.95. The van der Waals surface area contributed by atoms with E-state index in [2.05, 4.69) is 10.4 Å². The van der Waals surface area contributed by atoms with Gasteiger partial charge < -0.3 is 19.9 Å². The Morgan fingerprint density at radius 3 is 2.44 bits per heavy atom. The van der Waals surface area contributed by atoms with Crippen molar-refractivity contribution < 1.29 is 24.2 Å². The molecule has 1 amide bonds. The maximum atomic E-state index is 13.4. The topological polar surface area (TPSA) is 103 Å². The van der Waals surface area contributed by atoms with Crippen molar-refractivity contribution in [3.05, 3.63) is 17.8 Å². The van der Waals surface area contributed by atoms with Crippen LogP contribution in [0.1, 0.15) is 74.6 Å². The first-order valence-electron chi connectivity index (χ1n) is 13.0. The number of nitrogens with zero attached hydrogens (tertiary/aromatic N) is 2. The number of hydrogen-bond donors (Lipinski definition) is 2. The van der Waals surface area contributed by atoms with Crippen LogP contribution in [0.2, 0.25) is 0 Å². The molecule has 5 aliphatic carbocycles. The second-order valence-electron chi connectivity index (χ2n) is 10.9. The summed E-state index contributed by atoms with van der Waals surface area (Å²) in [7, 11) is 1.34. The summed E-state index contributed by atoms with van der Waals surface area (Å²) in [6.07, 6.45) is 15.6. The van der Waals surface area contributed by atoms with E-state index in [4.69, 9.17) is 9.47 Å². The molecule has 0 saturated heterocycles. The first-order chi connectivity index (χ1) is 16.5. The number of carbonyl (C=O) groups is 2. The number of hydrogen-bond acceptors (Lipinski definition) is 5. The molecule has 186 valence electrons. The molecule has 34 heavy (non-hydrogen) atoms. The molecule has 0 aliphatic heterocycles. The molecule has 0 aromatic carbocycles. The van der Waals surface area contributed by atoms with Crippen LogP contribution in [0.4, 0.5) is 0 Å². The van der Waals surface area contributed by atoms with Gasteiger partial charge in [0, 0.05) is 19.4 Å². The van der Waals surface area contributed by atoms with Crippen molar-refractivity contribution in [1.82, 2.24) is 15.1 Å². The maximum Gasteiger partial charge on any atom is 0.336 e. The van der Waals surface area contributed by atoms with Crippen molar-refractivity contribution in [2.45, 2.75) is 76.4 Å². The lowest BCUT2D eigenvalue weighted by molar-refractivity contribution is -0.145. The minimum atomic E-state index is -1.10. The number of nitrogens with one attached hydrogen (secondary N) is 1. The Morgan fingerprint density at radius 1 is 1.15 bits per heavy atom.